The molecule has 1 amide bonds. The molecule has 20 heavy (non-hydrogen) atoms. The average molecular weight is 298 g/mol. The van der Waals surface area contributed by atoms with E-state index in [1.807, 2.05) is 24.3 Å². The molecule has 2 aliphatic heterocycles. The summed E-state index contributed by atoms with van der Waals surface area (Å²) in [6, 6.07) is 7.52. The zero-order chi connectivity index (χ0) is 13.4. The summed E-state index contributed by atoms with van der Waals surface area (Å²) in [6.07, 6.45) is 0.538. The van der Waals surface area contributed by atoms with Crippen molar-refractivity contribution in [2.24, 2.45) is 5.92 Å². The Labute approximate surface area is 122 Å². The van der Waals surface area contributed by atoms with Crippen LogP contribution in [0.5, 0.6) is 5.75 Å². The predicted octanol–water partition coefficient (Wildman–Crippen LogP) is 1.52. The van der Waals surface area contributed by atoms with Gasteiger partial charge >= 0.3 is 5.97 Å². The second kappa shape index (κ2) is 5.71. The van der Waals surface area contributed by atoms with E-state index in [-0.39, 0.29) is 24.2 Å². The van der Waals surface area contributed by atoms with Crippen LogP contribution in [0.3, 0.4) is 0 Å². The molecule has 1 fully saturated rings. The molecule has 1 aromatic rings. The SMILES string of the molecule is Cl.O=C(O)C1CCN(C(=O)C2COc3ccccc32)C1. The lowest BCUT2D eigenvalue weighted by Gasteiger charge is -2.19. The molecule has 0 spiro atoms. The van der Waals surface area contributed by atoms with Gasteiger partial charge in [-0.25, -0.2) is 0 Å². The highest BCUT2D eigenvalue weighted by molar-refractivity contribution is 5.86. The van der Waals surface area contributed by atoms with Gasteiger partial charge in [-0.2, -0.15) is 0 Å². The van der Waals surface area contributed by atoms with E-state index in [4.69, 9.17) is 9.84 Å². The van der Waals surface area contributed by atoms with Gasteiger partial charge in [0.25, 0.3) is 0 Å². The van der Waals surface area contributed by atoms with Crippen LogP contribution >= 0.6 is 12.4 Å². The van der Waals surface area contributed by atoms with E-state index in [1.165, 1.54) is 0 Å². The highest BCUT2D eigenvalue weighted by atomic mass is 35.5. The molecule has 2 atom stereocenters. The lowest BCUT2D eigenvalue weighted by atomic mass is 10.00. The molecule has 0 aliphatic carbocycles. The molecule has 0 radical (unpaired) electrons. The summed E-state index contributed by atoms with van der Waals surface area (Å²) < 4.78 is 5.50. The third kappa shape index (κ3) is 2.45. The third-order valence-electron chi connectivity index (χ3n) is 3.85. The minimum atomic E-state index is -0.821. The van der Waals surface area contributed by atoms with Crippen LogP contribution in [-0.2, 0) is 9.59 Å². The summed E-state index contributed by atoms with van der Waals surface area (Å²) in [5.41, 5.74) is 0.909. The minimum absolute atomic E-state index is 0. The minimum Gasteiger partial charge on any atom is -0.492 e. The molecule has 1 saturated heterocycles. The van der Waals surface area contributed by atoms with Gasteiger partial charge in [0.05, 0.1) is 5.92 Å². The van der Waals surface area contributed by atoms with Gasteiger partial charge in [-0.15, -0.1) is 12.4 Å². The van der Waals surface area contributed by atoms with Crippen molar-refractivity contribution in [1.82, 2.24) is 4.90 Å². The van der Waals surface area contributed by atoms with Crippen LogP contribution in [0, 0.1) is 5.92 Å². The molecule has 6 heteroatoms. The van der Waals surface area contributed by atoms with E-state index in [2.05, 4.69) is 0 Å². The number of carbonyl (C=O) groups excluding carboxylic acids is 1. The van der Waals surface area contributed by atoms with Gasteiger partial charge in [0, 0.05) is 18.7 Å². The van der Waals surface area contributed by atoms with Crippen LogP contribution in [0.4, 0.5) is 0 Å². The Kier molecular flexibility index (Phi) is 4.18. The smallest absolute Gasteiger partial charge is 0.308 e. The second-order valence-corrected chi connectivity index (χ2v) is 5.01. The molecule has 0 saturated carbocycles. The van der Waals surface area contributed by atoms with Crippen LogP contribution < -0.4 is 4.74 Å². The highest BCUT2D eigenvalue weighted by Crippen LogP contribution is 2.35. The quantitative estimate of drug-likeness (QED) is 0.899. The van der Waals surface area contributed by atoms with Gasteiger partial charge in [0.1, 0.15) is 18.3 Å². The fourth-order valence-corrected chi connectivity index (χ4v) is 2.75. The first kappa shape index (κ1) is 14.7. The maximum atomic E-state index is 12.4. The summed E-state index contributed by atoms with van der Waals surface area (Å²) in [5.74, 6) is -0.799. The van der Waals surface area contributed by atoms with Crippen molar-refractivity contribution in [2.45, 2.75) is 12.3 Å². The molecule has 2 unspecified atom stereocenters. The van der Waals surface area contributed by atoms with Crippen molar-refractivity contribution in [3.05, 3.63) is 29.8 Å². The molecule has 0 bridgehead atoms. The van der Waals surface area contributed by atoms with Gasteiger partial charge < -0.3 is 14.7 Å². The molecular formula is C14H16ClNO4. The lowest BCUT2D eigenvalue weighted by molar-refractivity contribution is -0.141. The predicted molar refractivity (Wildman–Crippen MR) is 74.2 cm³/mol. The second-order valence-electron chi connectivity index (χ2n) is 5.01. The molecule has 2 heterocycles. The Morgan fingerprint density at radius 1 is 1.30 bits per heavy atom. The number of carboxylic acid groups (broad SMARTS) is 1. The number of para-hydroxylation sites is 1. The van der Waals surface area contributed by atoms with Gasteiger partial charge in [0.15, 0.2) is 0 Å². The number of fused-ring (bicyclic) bond motifs is 1. The van der Waals surface area contributed by atoms with E-state index in [1.54, 1.807) is 4.90 Å². The van der Waals surface area contributed by atoms with Gasteiger partial charge in [-0.3, -0.25) is 9.59 Å². The number of carboxylic acids is 1. The molecular weight excluding hydrogens is 282 g/mol. The monoisotopic (exact) mass is 297 g/mol. The summed E-state index contributed by atoms with van der Waals surface area (Å²) >= 11 is 0. The standard InChI is InChI=1S/C14H15NO4.ClH/c16-13(15-6-5-9(7-15)14(17)18)11-8-19-12-4-2-1-3-10(11)12;/h1-4,9,11H,5-8H2,(H,17,18);1H. The zero-order valence-electron chi connectivity index (χ0n) is 10.8. The van der Waals surface area contributed by atoms with Crippen LogP contribution in [0.2, 0.25) is 0 Å². The Hall–Kier alpha value is -1.75. The Bertz CT molecular complexity index is 534. The molecule has 3 rings (SSSR count). The van der Waals surface area contributed by atoms with Crippen LogP contribution in [-0.4, -0.2) is 41.6 Å². The number of amides is 1. The Balaban J connectivity index is 0.00000147. The number of halogens is 1. The van der Waals surface area contributed by atoms with Crippen molar-refractivity contribution < 1.29 is 19.4 Å². The summed E-state index contributed by atoms with van der Waals surface area (Å²) in [6.45, 7) is 1.19. The fourth-order valence-electron chi connectivity index (χ4n) is 2.75. The first-order chi connectivity index (χ1) is 9.16. The molecule has 0 aromatic heterocycles. The molecule has 1 N–H and O–H groups in total. The molecule has 2 aliphatic rings. The van der Waals surface area contributed by atoms with Crippen molar-refractivity contribution in [3.63, 3.8) is 0 Å². The van der Waals surface area contributed by atoms with Gasteiger partial charge in [0.2, 0.25) is 5.91 Å². The number of hydrogen-bond donors (Lipinski definition) is 1. The lowest BCUT2D eigenvalue weighted by Crippen LogP contribution is -2.34. The number of benzene rings is 1. The number of hydrogen-bond acceptors (Lipinski definition) is 3. The molecule has 1 aromatic carbocycles. The first-order valence-electron chi connectivity index (χ1n) is 6.40. The van der Waals surface area contributed by atoms with Gasteiger partial charge in [-0.05, 0) is 12.5 Å². The topological polar surface area (TPSA) is 66.8 Å². The normalized spacial score (nSPS) is 23.7. The van der Waals surface area contributed by atoms with Crippen molar-refractivity contribution in [1.29, 1.82) is 0 Å². The highest BCUT2D eigenvalue weighted by Gasteiger charge is 2.37. The van der Waals surface area contributed by atoms with Crippen molar-refractivity contribution >= 4 is 24.3 Å². The fraction of sp³-hybridized carbons (Fsp3) is 0.429. The largest absolute Gasteiger partial charge is 0.492 e. The number of aliphatic carboxylic acids is 1. The number of rotatable bonds is 2. The van der Waals surface area contributed by atoms with E-state index in [9.17, 15) is 9.59 Å². The van der Waals surface area contributed by atoms with Crippen LogP contribution in [0.1, 0.15) is 17.9 Å². The van der Waals surface area contributed by atoms with Crippen molar-refractivity contribution in [2.75, 3.05) is 19.7 Å². The molecule has 5 nitrogen and oxygen atoms in total. The number of ether oxygens (including phenoxy) is 1. The van der Waals surface area contributed by atoms with E-state index in [0.717, 1.165) is 11.3 Å². The maximum absolute atomic E-state index is 12.4. The van der Waals surface area contributed by atoms with E-state index >= 15 is 0 Å². The third-order valence-corrected chi connectivity index (χ3v) is 3.85. The maximum Gasteiger partial charge on any atom is 0.308 e. The summed E-state index contributed by atoms with van der Waals surface area (Å²) in [4.78, 5) is 25.0. The Morgan fingerprint density at radius 3 is 2.75 bits per heavy atom. The van der Waals surface area contributed by atoms with E-state index < -0.39 is 11.9 Å². The van der Waals surface area contributed by atoms with Gasteiger partial charge in [-0.1, -0.05) is 18.2 Å². The number of nitrogens with zero attached hydrogens (tertiary/aromatic N) is 1. The summed E-state index contributed by atoms with van der Waals surface area (Å²) in [5, 5.41) is 8.97. The molecule has 108 valence electrons. The van der Waals surface area contributed by atoms with Crippen molar-refractivity contribution in [3.8, 4) is 5.75 Å². The Morgan fingerprint density at radius 2 is 2.05 bits per heavy atom. The number of likely N-dealkylation sites (tertiary alicyclic amines) is 1. The average Bonchev–Trinajstić information content (AvgIpc) is 3.05. The van der Waals surface area contributed by atoms with Crippen LogP contribution in [0.25, 0.3) is 0 Å². The first-order valence-corrected chi connectivity index (χ1v) is 6.40. The van der Waals surface area contributed by atoms with E-state index in [0.29, 0.717) is 26.1 Å². The van der Waals surface area contributed by atoms with Crippen LogP contribution in [0.15, 0.2) is 24.3 Å². The number of carbonyl (C=O) groups is 2. The summed E-state index contributed by atoms with van der Waals surface area (Å²) in [7, 11) is 0. The zero-order valence-corrected chi connectivity index (χ0v) is 11.6.